The molecule has 0 radical (unpaired) electrons. The number of rotatable bonds is 9. The van der Waals surface area contributed by atoms with E-state index in [0.717, 1.165) is 17.0 Å². The first-order chi connectivity index (χ1) is 27.0. The van der Waals surface area contributed by atoms with Crippen molar-refractivity contribution in [2.75, 3.05) is 0 Å². The Bertz CT molecular complexity index is 1550. The minimum atomic E-state index is -3.61. The topological polar surface area (TPSA) is 0 Å². The van der Waals surface area contributed by atoms with Crippen LogP contribution in [0.2, 0.25) is 0 Å². The number of allylic oxidation sites excluding steroid dienone is 1. The first-order valence-electron chi connectivity index (χ1n) is 24.2. The zero-order valence-corrected chi connectivity index (χ0v) is 37.8. The van der Waals surface area contributed by atoms with Gasteiger partial charge in [-0.15, -0.1) is 0 Å². The Morgan fingerprint density at radius 3 is 1.35 bits per heavy atom. The van der Waals surface area contributed by atoms with Gasteiger partial charge in [-0.3, -0.25) is 0 Å². The molecule has 2 aromatic carbocycles. The van der Waals surface area contributed by atoms with Crippen molar-refractivity contribution in [2.24, 2.45) is 0 Å². The molecule has 55 heavy (non-hydrogen) atoms. The van der Waals surface area contributed by atoms with Crippen molar-refractivity contribution >= 4 is 41.6 Å². The third-order valence-electron chi connectivity index (χ3n) is 17.9. The predicted octanol–water partition coefficient (Wildman–Crippen LogP) is 17.6. The van der Waals surface area contributed by atoms with Crippen molar-refractivity contribution < 1.29 is 0 Å². The number of hydrogen-bond donors (Lipinski definition) is 0. The van der Waals surface area contributed by atoms with Gasteiger partial charge in [-0.2, -0.15) is 0 Å². The molecule has 0 aromatic heterocycles. The fourth-order valence-corrected chi connectivity index (χ4v) is 43.6. The number of hydrogen-bond acceptors (Lipinski definition) is 0. The van der Waals surface area contributed by atoms with Gasteiger partial charge < -0.3 is 0 Å². The third kappa shape index (κ3) is 5.98. The Kier molecular flexibility index (Phi) is 12.1. The van der Waals surface area contributed by atoms with Crippen LogP contribution in [-0.2, 0) is 4.90 Å². The van der Waals surface area contributed by atoms with Crippen LogP contribution < -0.4 is 0 Å². The fraction of sp³-hybridized carbons (Fsp3) is 0.725. The van der Waals surface area contributed by atoms with Crippen molar-refractivity contribution in [3.63, 3.8) is 0 Å². The van der Waals surface area contributed by atoms with E-state index in [0.29, 0.717) is 11.3 Å². The molecule has 7 aliphatic rings. The number of halogens is 2. The van der Waals surface area contributed by atoms with Crippen molar-refractivity contribution in [3.05, 3.63) is 77.4 Å². The molecule has 2 aromatic rings. The van der Waals surface area contributed by atoms with Gasteiger partial charge in [-0.25, -0.2) is 0 Å². The molecule has 0 amide bonds. The minimum absolute atomic E-state index is 0.114. The molecule has 0 aliphatic heterocycles. The Morgan fingerprint density at radius 1 is 0.473 bits per heavy atom. The second-order valence-corrected chi connectivity index (χ2v) is 33.5. The first kappa shape index (κ1) is 40.0. The van der Waals surface area contributed by atoms with Gasteiger partial charge in [0, 0.05) is 0 Å². The number of alkyl halides is 1. The molecular formula is C51H75Cl2P2+. The zero-order valence-electron chi connectivity index (χ0n) is 34.5. The third-order valence-corrected chi connectivity index (χ3v) is 40.2. The van der Waals surface area contributed by atoms with E-state index in [4.69, 9.17) is 0 Å². The molecule has 9 rings (SSSR count). The SMILES string of the molecule is ClC1(P(Cl)(C2CCCCC2)(C2CCCCC2)C2([P+](C3CCCCC3)(C3CCCCC3)C3CCCCC3)C=C(c3ccccc3)c3ccccc32)CCCCC1. The summed E-state index contributed by atoms with van der Waals surface area (Å²) in [5.41, 5.74) is 9.97. The molecule has 0 bridgehead atoms. The molecule has 0 heterocycles. The van der Waals surface area contributed by atoms with Crippen LogP contribution in [0, 0.1) is 0 Å². The van der Waals surface area contributed by atoms with Gasteiger partial charge in [-0.1, -0.05) is 0 Å². The predicted molar refractivity (Wildman–Crippen MR) is 247 cm³/mol. The average Bonchev–Trinajstić information content (AvgIpc) is 3.63. The molecule has 0 spiro atoms. The van der Waals surface area contributed by atoms with Gasteiger partial charge in [0.15, 0.2) is 0 Å². The molecule has 0 nitrogen and oxygen atoms in total. The number of fused-ring (bicyclic) bond motifs is 1. The standard InChI is InChI=1S/C51H75Cl2P2/c52-50(38-22-7-23-39-50)55(53,45-32-16-5-17-33-45,46-34-18-6-19-35-46)51(40-48(41-24-8-1-9-25-41)47-36-20-21-37-49(47)51)54(42-26-10-2-11-27-42,43-28-12-3-13-29-43)44-30-14-4-15-31-44/h1,8-9,20-21,24-25,36-37,40,42-46H,2-7,10-19,22-23,26-35,38-39H2/q+1. The van der Waals surface area contributed by atoms with Gasteiger partial charge in [0.25, 0.3) is 0 Å². The summed E-state index contributed by atoms with van der Waals surface area (Å²) in [5.74, 6) is -3.61. The summed E-state index contributed by atoms with van der Waals surface area (Å²) in [4.78, 5) is -0.114. The Balaban J connectivity index is 1.51. The van der Waals surface area contributed by atoms with E-state index in [9.17, 15) is 22.8 Å². The molecule has 0 saturated heterocycles. The molecule has 6 fully saturated rings. The second kappa shape index (κ2) is 16.6. The quantitative estimate of drug-likeness (QED) is 0.175. The van der Waals surface area contributed by atoms with Crippen LogP contribution in [-0.4, -0.2) is 32.9 Å². The summed E-state index contributed by atoms with van der Waals surface area (Å²) < 4.78 is -0.297. The molecule has 1 atom stereocenters. The first-order valence-corrected chi connectivity index (χ1v) is 29.8. The molecule has 1 unspecified atom stereocenters. The van der Waals surface area contributed by atoms with E-state index in [-0.39, 0.29) is 9.51 Å². The van der Waals surface area contributed by atoms with Gasteiger partial charge in [0.05, 0.1) is 0 Å². The molecular weight excluding hydrogens is 745 g/mol. The normalized spacial score (nSPS) is 29.3. The van der Waals surface area contributed by atoms with E-state index in [2.05, 4.69) is 60.7 Å². The van der Waals surface area contributed by atoms with E-state index in [1.165, 1.54) is 198 Å². The summed E-state index contributed by atoms with van der Waals surface area (Å²) in [5, 5.41) is 0. The molecule has 0 N–H and O–H groups in total. The van der Waals surface area contributed by atoms with E-state index in [1.54, 1.807) is 16.7 Å². The molecule has 7 aliphatic carbocycles. The van der Waals surface area contributed by atoms with Crippen LogP contribution in [0.25, 0.3) is 5.57 Å². The Hall–Kier alpha value is -0.380. The maximum atomic E-state index is 10.4. The van der Waals surface area contributed by atoms with Crippen molar-refractivity contribution in [3.8, 4) is 0 Å². The summed E-state index contributed by atoms with van der Waals surface area (Å²) in [6, 6.07) is 22.0. The van der Waals surface area contributed by atoms with Crippen LogP contribution in [0.1, 0.15) is 209 Å². The molecule has 302 valence electrons. The van der Waals surface area contributed by atoms with Crippen LogP contribution in [0.15, 0.2) is 60.7 Å². The summed E-state index contributed by atoms with van der Waals surface area (Å²) in [6.07, 6.45) is 44.8. The van der Waals surface area contributed by atoms with Crippen molar-refractivity contribution in [2.45, 2.75) is 230 Å². The van der Waals surface area contributed by atoms with Crippen LogP contribution in [0.5, 0.6) is 0 Å². The monoisotopic (exact) mass is 819 g/mol. The summed E-state index contributed by atoms with van der Waals surface area (Å²) >= 11 is 19.7. The second-order valence-electron chi connectivity index (χ2n) is 20.1. The van der Waals surface area contributed by atoms with E-state index >= 15 is 0 Å². The molecule has 4 heteroatoms. The fourth-order valence-electron chi connectivity index (χ4n) is 16.1. The van der Waals surface area contributed by atoms with Gasteiger partial charge in [0.1, 0.15) is 0 Å². The van der Waals surface area contributed by atoms with Gasteiger partial charge in [-0.05, 0) is 0 Å². The van der Waals surface area contributed by atoms with Crippen molar-refractivity contribution in [1.82, 2.24) is 0 Å². The van der Waals surface area contributed by atoms with Crippen LogP contribution in [0.3, 0.4) is 0 Å². The van der Waals surface area contributed by atoms with Crippen molar-refractivity contribution in [1.29, 1.82) is 0 Å². The van der Waals surface area contributed by atoms with E-state index in [1.807, 2.05) is 0 Å². The average molecular weight is 821 g/mol. The summed E-state index contributed by atoms with van der Waals surface area (Å²) in [7, 11) is -1.96. The van der Waals surface area contributed by atoms with E-state index < -0.39 is 13.2 Å². The van der Waals surface area contributed by atoms with Crippen LogP contribution in [0.4, 0.5) is 0 Å². The Morgan fingerprint density at radius 2 is 0.873 bits per heavy atom. The zero-order chi connectivity index (χ0) is 37.4. The van der Waals surface area contributed by atoms with Gasteiger partial charge in [0.2, 0.25) is 0 Å². The van der Waals surface area contributed by atoms with Crippen LogP contribution >= 0.6 is 36.1 Å². The summed E-state index contributed by atoms with van der Waals surface area (Å²) in [6.45, 7) is 0. The molecule has 6 saturated carbocycles. The maximum absolute atomic E-state index is 10.4. The Labute approximate surface area is 347 Å². The number of benzene rings is 2. The van der Waals surface area contributed by atoms with Gasteiger partial charge >= 0.3 is 349 Å².